The Kier molecular flexibility index (Phi) is 6.95. The number of carbonyl (C=O) groups excluding carboxylic acids is 1. The number of rotatable bonds is 8. The highest BCUT2D eigenvalue weighted by Crippen LogP contribution is 2.22. The number of hydrogen-bond donors (Lipinski definition) is 2. The first kappa shape index (κ1) is 20.9. The van der Waals surface area contributed by atoms with E-state index in [0.717, 1.165) is 19.1 Å². The molecule has 0 saturated carbocycles. The number of hydrogen-bond acceptors (Lipinski definition) is 6. The molecule has 0 aliphatic carbocycles. The van der Waals surface area contributed by atoms with E-state index in [1.54, 1.807) is 36.4 Å². The van der Waals surface area contributed by atoms with Crippen LogP contribution in [0.4, 0.5) is 0 Å². The van der Waals surface area contributed by atoms with Crippen LogP contribution < -0.4 is 9.46 Å². The van der Waals surface area contributed by atoms with Gasteiger partial charge in [0.15, 0.2) is 0 Å². The lowest BCUT2D eigenvalue weighted by Gasteiger charge is -2.22. The number of aryl methyl sites for hydroxylation is 1. The molecule has 0 fully saturated rings. The predicted molar refractivity (Wildman–Crippen MR) is 99.9 cm³/mol. The lowest BCUT2D eigenvalue weighted by atomic mass is 10.0. The molecule has 27 heavy (non-hydrogen) atoms. The van der Waals surface area contributed by atoms with Crippen molar-refractivity contribution in [3.8, 4) is 5.75 Å². The SMILES string of the molecule is CCc1ccc(S(=O)(=O)NC(C(=O)OC)C(O)c2ccc(OC)cc2)cc1. The molecule has 2 N–H and O–H groups in total. The fourth-order valence-electron chi connectivity index (χ4n) is 2.50. The third-order valence-electron chi connectivity index (χ3n) is 4.15. The Hall–Kier alpha value is -2.42. The van der Waals surface area contributed by atoms with Crippen LogP contribution in [0.25, 0.3) is 0 Å². The van der Waals surface area contributed by atoms with Crippen molar-refractivity contribution in [2.45, 2.75) is 30.4 Å². The molecule has 146 valence electrons. The second-order valence-corrected chi connectivity index (χ2v) is 7.55. The third-order valence-corrected chi connectivity index (χ3v) is 5.61. The predicted octanol–water partition coefficient (Wildman–Crippen LogP) is 1.81. The van der Waals surface area contributed by atoms with E-state index in [1.165, 1.54) is 19.2 Å². The average Bonchev–Trinajstić information content (AvgIpc) is 2.71. The van der Waals surface area contributed by atoms with Crippen molar-refractivity contribution in [2.75, 3.05) is 14.2 Å². The highest BCUT2D eigenvalue weighted by Gasteiger charge is 2.33. The van der Waals surface area contributed by atoms with Gasteiger partial charge in [0, 0.05) is 0 Å². The molecule has 0 saturated heterocycles. The number of aliphatic hydroxyl groups excluding tert-OH is 1. The zero-order valence-corrected chi connectivity index (χ0v) is 16.2. The number of nitrogens with one attached hydrogen (secondary N) is 1. The van der Waals surface area contributed by atoms with E-state index >= 15 is 0 Å². The Balaban J connectivity index is 2.30. The first-order chi connectivity index (χ1) is 12.8. The van der Waals surface area contributed by atoms with Crippen molar-refractivity contribution in [3.63, 3.8) is 0 Å². The van der Waals surface area contributed by atoms with E-state index in [9.17, 15) is 18.3 Å². The minimum absolute atomic E-state index is 0.00414. The standard InChI is InChI=1S/C19H23NO6S/c1-4-13-5-11-16(12-6-13)27(23,24)20-17(19(22)26-3)18(21)14-7-9-15(25-2)10-8-14/h5-12,17-18,20-21H,4H2,1-3H3. The van der Waals surface area contributed by atoms with Crippen LogP contribution in [0.15, 0.2) is 53.4 Å². The number of aliphatic hydroxyl groups is 1. The molecule has 2 atom stereocenters. The molecule has 2 aromatic rings. The van der Waals surface area contributed by atoms with Gasteiger partial charge in [-0.3, -0.25) is 4.79 Å². The minimum atomic E-state index is -4.04. The molecule has 2 unspecified atom stereocenters. The minimum Gasteiger partial charge on any atom is -0.497 e. The second-order valence-electron chi connectivity index (χ2n) is 5.84. The Bertz CT molecular complexity index is 862. The van der Waals surface area contributed by atoms with Gasteiger partial charge in [-0.05, 0) is 41.8 Å². The summed E-state index contributed by atoms with van der Waals surface area (Å²) in [7, 11) is -1.41. The monoisotopic (exact) mass is 393 g/mol. The van der Waals surface area contributed by atoms with Gasteiger partial charge >= 0.3 is 5.97 Å². The topological polar surface area (TPSA) is 102 Å². The van der Waals surface area contributed by atoms with Crippen molar-refractivity contribution < 1.29 is 27.8 Å². The molecule has 0 spiro atoms. The lowest BCUT2D eigenvalue weighted by molar-refractivity contribution is -0.145. The van der Waals surface area contributed by atoms with Crippen molar-refractivity contribution in [1.82, 2.24) is 4.72 Å². The zero-order valence-electron chi connectivity index (χ0n) is 15.4. The molecular formula is C19H23NO6S. The molecule has 0 amide bonds. The molecule has 0 bridgehead atoms. The quantitative estimate of drug-likeness (QED) is 0.663. The molecule has 0 aromatic heterocycles. The Labute approximate surface area is 159 Å². The summed E-state index contributed by atoms with van der Waals surface area (Å²) >= 11 is 0. The summed E-state index contributed by atoms with van der Waals surface area (Å²) < 4.78 is 37.3. The molecule has 8 heteroatoms. The third kappa shape index (κ3) is 5.06. The van der Waals surface area contributed by atoms with Crippen molar-refractivity contribution in [1.29, 1.82) is 0 Å². The van der Waals surface area contributed by atoms with E-state index in [-0.39, 0.29) is 4.90 Å². The molecule has 7 nitrogen and oxygen atoms in total. The average molecular weight is 393 g/mol. The van der Waals surface area contributed by atoms with Crippen molar-refractivity contribution in [3.05, 3.63) is 59.7 Å². The molecule has 0 aliphatic rings. The van der Waals surface area contributed by atoms with Crippen LogP contribution in [0.2, 0.25) is 0 Å². The summed E-state index contributed by atoms with van der Waals surface area (Å²) in [6.07, 6.45) is -0.664. The van der Waals surface area contributed by atoms with Gasteiger partial charge in [-0.1, -0.05) is 31.2 Å². The van der Waals surface area contributed by atoms with E-state index in [4.69, 9.17) is 4.74 Å². The Morgan fingerprint density at radius 1 is 1.07 bits per heavy atom. The van der Waals surface area contributed by atoms with Gasteiger partial charge in [0.1, 0.15) is 17.9 Å². The summed E-state index contributed by atoms with van der Waals surface area (Å²) in [5, 5.41) is 10.6. The summed E-state index contributed by atoms with van der Waals surface area (Å²) in [5.41, 5.74) is 1.33. The largest absolute Gasteiger partial charge is 0.497 e. The van der Waals surface area contributed by atoms with Crippen LogP contribution in [-0.2, 0) is 26.0 Å². The maximum atomic E-state index is 12.6. The van der Waals surface area contributed by atoms with Crippen molar-refractivity contribution >= 4 is 16.0 Å². The van der Waals surface area contributed by atoms with Gasteiger partial charge in [0.05, 0.1) is 19.1 Å². The highest BCUT2D eigenvalue weighted by atomic mass is 32.2. The lowest BCUT2D eigenvalue weighted by Crippen LogP contribution is -2.45. The summed E-state index contributed by atoms with van der Waals surface area (Å²) in [6.45, 7) is 1.96. The van der Waals surface area contributed by atoms with Crippen LogP contribution in [0, 0.1) is 0 Å². The Morgan fingerprint density at radius 3 is 2.15 bits per heavy atom. The number of methoxy groups -OCH3 is 2. The normalized spacial score (nSPS) is 13.6. The molecule has 2 aromatic carbocycles. The van der Waals surface area contributed by atoms with Crippen LogP contribution in [0.1, 0.15) is 24.2 Å². The number of sulfonamides is 1. The van der Waals surface area contributed by atoms with Crippen molar-refractivity contribution in [2.24, 2.45) is 0 Å². The summed E-state index contributed by atoms with van der Waals surface area (Å²) in [5.74, 6) is -0.329. The first-order valence-corrected chi connectivity index (χ1v) is 9.81. The summed E-state index contributed by atoms with van der Waals surface area (Å²) in [6, 6.07) is 11.1. The smallest absolute Gasteiger partial charge is 0.326 e. The first-order valence-electron chi connectivity index (χ1n) is 8.33. The van der Waals surface area contributed by atoms with Gasteiger partial charge in [0.25, 0.3) is 0 Å². The van der Waals surface area contributed by atoms with Crippen LogP contribution >= 0.6 is 0 Å². The van der Waals surface area contributed by atoms with E-state index in [0.29, 0.717) is 11.3 Å². The van der Waals surface area contributed by atoms with Gasteiger partial charge in [-0.25, -0.2) is 8.42 Å². The number of esters is 1. The molecule has 0 radical (unpaired) electrons. The van der Waals surface area contributed by atoms with Gasteiger partial charge in [0.2, 0.25) is 10.0 Å². The second kappa shape index (κ2) is 8.98. The molecular weight excluding hydrogens is 370 g/mol. The number of carbonyl (C=O) groups is 1. The fourth-order valence-corrected chi connectivity index (χ4v) is 3.69. The fraction of sp³-hybridized carbons (Fsp3) is 0.316. The van der Waals surface area contributed by atoms with E-state index < -0.39 is 28.1 Å². The van der Waals surface area contributed by atoms with Gasteiger partial charge in [-0.15, -0.1) is 0 Å². The van der Waals surface area contributed by atoms with E-state index in [2.05, 4.69) is 9.46 Å². The molecule has 2 rings (SSSR count). The number of ether oxygens (including phenoxy) is 2. The van der Waals surface area contributed by atoms with Crippen LogP contribution in [0.5, 0.6) is 5.75 Å². The zero-order chi connectivity index (χ0) is 20.0. The molecule has 0 aliphatic heterocycles. The van der Waals surface area contributed by atoms with Crippen LogP contribution in [-0.4, -0.2) is 39.8 Å². The Morgan fingerprint density at radius 2 is 1.67 bits per heavy atom. The maximum absolute atomic E-state index is 12.6. The summed E-state index contributed by atoms with van der Waals surface area (Å²) in [4.78, 5) is 12.1. The highest BCUT2D eigenvalue weighted by molar-refractivity contribution is 7.89. The number of benzene rings is 2. The maximum Gasteiger partial charge on any atom is 0.326 e. The molecule has 0 heterocycles. The van der Waals surface area contributed by atoms with Gasteiger partial charge in [-0.2, -0.15) is 4.72 Å². The van der Waals surface area contributed by atoms with Gasteiger partial charge < -0.3 is 14.6 Å². The van der Waals surface area contributed by atoms with E-state index in [1.807, 2.05) is 6.92 Å². The van der Waals surface area contributed by atoms with Crippen LogP contribution in [0.3, 0.4) is 0 Å².